The Hall–Kier alpha value is -1.16. The summed E-state index contributed by atoms with van der Waals surface area (Å²) >= 11 is 0. The van der Waals surface area contributed by atoms with Crippen molar-refractivity contribution >= 4 is 0 Å². The van der Waals surface area contributed by atoms with Crippen LogP contribution in [0.2, 0.25) is 0 Å². The van der Waals surface area contributed by atoms with Crippen molar-refractivity contribution < 1.29 is 4.74 Å². The van der Waals surface area contributed by atoms with Crippen molar-refractivity contribution in [3.05, 3.63) is 18.1 Å². The van der Waals surface area contributed by atoms with Gasteiger partial charge in [0.2, 0.25) is 5.88 Å². The Morgan fingerprint density at radius 1 is 1.27 bits per heavy atom. The average Bonchev–Trinajstić information content (AvgIpc) is 2.22. The van der Waals surface area contributed by atoms with Gasteiger partial charge in [-0.3, -0.25) is 4.98 Å². The van der Waals surface area contributed by atoms with E-state index in [9.17, 15) is 0 Å². The van der Waals surface area contributed by atoms with Crippen molar-refractivity contribution in [1.29, 1.82) is 0 Å². The van der Waals surface area contributed by atoms with Crippen LogP contribution in [-0.2, 0) is 0 Å². The first-order chi connectivity index (χ1) is 7.18. The number of hydrogen-bond donors (Lipinski definition) is 1. The third kappa shape index (κ3) is 2.65. The zero-order valence-electron chi connectivity index (χ0n) is 9.29. The van der Waals surface area contributed by atoms with Gasteiger partial charge in [0.15, 0.2) is 0 Å². The Kier molecular flexibility index (Phi) is 2.86. The van der Waals surface area contributed by atoms with Gasteiger partial charge in [0.05, 0.1) is 18.1 Å². The van der Waals surface area contributed by atoms with Crippen molar-refractivity contribution in [2.75, 3.05) is 13.1 Å². The second-order valence-electron chi connectivity index (χ2n) is 4.30. The van der Waals surface area contributed by atoms with Crippen molar-refractivity contribution in [1.82, 2.24) is 15.3 Å². The molecular formula is C11H17N3O. The van der Waals surface area contributed by atoms with Crippen LogP contribution in [0.15, 0.2) is 12.4 Å². The Morgan fingerprint density at radius 3 is 2.60 bits per heavy atom. The lowest BCUT2D eigenvalue weighted by molar-refractivity contribution is 0.0503. The van der Waals surface area contributed by atoms with Crippen LogP contribution < -0.4 is 10.1 Å². The number of piperidine rings is 1. The van der Waals surface area contributed by atoms with Crippen LogP contribution in [0.5, 0.6) is 5.88 Å². The van der Waals surface area contributed by atoms with Gasteiger partial charge in [-0.2, -0.15) is 0 Å². The first-order valence-electron chi connectivity index (χ1n) is 5.36. The molecule has 0 spiro atoms. The zero-order valence-corrected chi connectivity index (χ0v) is 9.29. The van der Waals surface area contributed by atoms with Crippen LogP contribution in [0, 0.1) is 6.92 Å². The molecule has 4 heteroatoms. The molecule has 1 N–H and O–H groups in total. The fraction of sp³-hybridized carbons (Fsp3) is 0.636. The van der Waals surface area contributed by atoms with Crippen LogP contribution in [0.3, 0.4) is 0 Å². The van der Waals surface area contributed by atoms with E-state index in [0.29, 0.717) is 5.88 Å². The Balaban J connectivity index is 2.03. The minimum atomic E-state index is -0.0881. The third-order valence-corrected chi connectivity index (χ3v) is 2.77. The lowest BCUT2D eigenvalue weighted by Gasteiger charge is -2.33. The van der Waals surface area contributed by atoms with Gasteiger partial charge in [0.1, 0.15) is 5.60 Å². The maximum absolute atomic E-state index is 5.88. The highest BCUT2D eigenvalue weighted by atomic mass is 16.5. The van der Waals surface area contributed by atoms with Crippen molar-refractivity contribution in [3.63, 3.8) is 0 Å². The highest BCUT2D eigenvalue weighted by Crippen LogP contribution is 2.23. The third-order valence-electron chi connectivity index (χ3n) is 2.77. The number of nitrogens with zero attached hydrogens (tertiary/aromatic N) is 2. The summed E-state index contributed by atoms with van der Waals surface area (Å²) in [4.78, 5) is 8.39. The molecule has 1 fully saturated rings. The van der Waals surface area contributed by atoms with E-state index in [1.165, 1.54) is 0 Å². The molecule has 0 amide bonds. The summed E-state index contributed by atoms with van der Waals surface area (Å²) in [5.74, 6) is 0.630. The molecule has 1 aromatic heterocycles. The van der Waals surface area contributed by atoms with E-state index >= 15 is 0 Å². The maximum atomic E-state index is 5.88. The highest BCUT2D eigenvalue weighted by molar-refractivity contribution is 5.08. The van der Waals surface area contributed by atoms with Crippen molar-refractivity contribution in [2.24, 2.45) is 0 Å². The van der Waals surface area contributed by atoms with E-state index in [2.05, 4.69) is 22.2 Å². The molecule has 82 valence electrons. The molecule has 1 aliphatic rings. The molecule has 1 aliphatic heterocycles. The average molecular weight is 207 g/mol. The fourth-order valence-corrected chi connectivity index (χ4v) is 1.74. The lowest BCUT2D eigenvalue weighted by atomic mass is 9.95. The summed E-state index contributed by atoms with van der Waals surface area (Å²) in [6.45, 7) is 6.07. The maximum Gasteiger partial charge on any atom is 0.232 e. The largest absolute Gasteiger partial charge is 0.470 e. The molecule has 2 heterocycles. The monoisotopic (exact) mass is 207 g/mol. The number of hydrogen-bond acceptors (Lipinski definition) is 4. The Labute approximate surface area is 90.1 Å². The predicted octanol–water partition coefficient (Wildman–Crippen LogP) is 1.31. The van der Waals surface area contributed by atoms with E-state index in [1.54, 1.807) is 12.4 Å². The lowest BCUT2D eigenvalue weighted by Crippen LogP contribution is -2.44. The number of nitrogens with one attached hydrogen (secondary N) is 1. The number of ether oxygens (including phenoxy) is 1. The molecule has 15 heavy (non-hydrogen) atoms. The molecule has 4 nitrogen and oxygen atoms in total. The van der Waals surface area contributed by atoms with E-state index in [0.717, 1.165) is 31.6 Å². The Morgan fingerprint density at radius 2 is 2.00 bits per heavy atom. The van der Waals surface area contributed by atoms with Crippen LogP contribution in [0.25, 0.3) is 0 Å². The summed E-state index contributed by atoms with van der Waals surface area (Å²) < 4.78 is 5.88. The summed E-state index contributed by atoms with van der Waals surface area (Å²) in [5, 5.41) is 3.32. The molecule has 0 aliphatic carbocycles. The molecule has 0 unspecified atom stereocenters. The Bertz CT molecular complexity index is 317. The van der Waals surface area contributed by atoms with Crippen LogP contribution in [-0.4, -0.2) is 28.7 Å². The smallest absolute Gasteiger partial charge is 0.232 e. The summed E-state index contributed by atoms with van der Waals surface area (Å²) in [6, 6.07) is 0. The van der Waals surface area contributed by atoms with Crippen LogP contribution in [0.1, 0.15) is 25.5 Å². The predicted molar refractivity (Wildman–Crippen MR) is 57.9 cm³/mol. The van der Waals surface area contributed by atoms with Crippen LogP contribution in [0.4, 0.5) is 0 Å². The van der Waals surface area contributed by atoms with Gasteiger partial charge in [-0.15, -0.1) is 0 Å². The molecule has 0 radical (unpaired) electrons. The van der Waals surface area contributed by atoms with Crippen LogP contribution >= 0.6 is 0 Å². The molecule has 0 bridgehead atoms. The zero-order chi connectivity index (χ0) is 10.7. The van der Waals surface area contributed by atoms with Crippen molar-refractivity contribution in [2.45, 2.75) is 32.3 Å². The van der Waals surface area contributed by atoms with E-state index < -0.39 is 0 Å². The summed E-state index contributed by atoms with van der Waals surface area (Å²) in [6.07, 6.45) is 5.47. The molecule has 1 saturated heterocycles. The first-order valence-corrected chi connectivity index (χ1v) is 5.36. The molecule has 2 rings (SSSR count). The standard InChI is InChI=1S/C11H17N3O/c1-9-7-14-10(8-13-9)15-11(2)3-5-12-6-4-11/h7-8,12H,3-6H2,1-2H3. The van der Waals surface area contributed by atoms with Crippen molar-refractivity contribution in [3.8, 4) is 5.88 Å². The van der Waals surface area contributed by atoms with E-state index in [1.807, 2.05) is 6.92 Å². The molecular weight excluding hydrogens is 190 g/mol. The number of rotatable bonds is 2. The topological polar surface area (TPSA) is 47.0 Å². The summed E-state index contributed by atoms with van der Waals surface area (Å²) in [5.41, 5.74) is 0.827. The van der Waals surface area contributed by atoms with Gasteiger partial charge in [-0.05, 0) is 39.8 Å². The van der Waals surface area contributed by atoms with Gasteiger partial charge in [-0.1, -0.05) is 0 Å². The summed E-state index contributed by atoms with van der Waals surface area (Å²) in [7, 11) is 0. The molecule has 1 aromatic rings. The highest BCUT2D eigenvalue weighted by Gasteiger charge is 2.29. The first kappa shape index (κ1) is 10.4. The molecule has 0 saturated carbocycles. The number of aromatic nitrogens is 2. The van der Waals surface area contributed by atoms with Gasteiger partial charge in [0.25, 0.3) is 0 Å². The SMILES string of the molecule is Cc1cnc(OC2(C)CCNCC2)cn1. The van der Waals surface area contributed by atoms with Gasteiger partial charge < -0.3 is 10.1 Å². The van der Waals surface area contributed by atoms with Gasteiger partial charge in [0, 0.05) is 0 Å². The molecule has 0 atom stereocenters. The van der Waals surface area contributed by atoms with Gasteiger partial charge >= 0.3 is 0 Å². The number of aryl methyl sites for hydroxylation is 1. The van der Waals surface area contributed by atoms with Gasteiger partial charge in [-0.25, -0.2) is 4.98 Å². The molecule has 0 aromatic carbocycles. The normalized spacial score (nSPS) is 19.9. The minimum absolute atomic E-state index is 0.0881. The quantitative estimate of drug-likeness (QED) is 0.794. The second kappa shape index (κ2) is 4.14. The second-order valence-corrected chi connectivity index (χ2v) is 4.30. The fourth-order valence-electron chi connectivity index (χ4n) is 1.74. The van der Waals surface area contributed by atoms with E-state index in [-0.39, 0.29) is 5.60 Å². The van der Waals surface area contributed by atoms with E-state index in [4.69, 9.17) is 4.74 Å². The minimum Gasteiger partial charge on any atom is -0.470 e.